The van der Waals surface area contributed by atoms with Crippen molar-refractivity contribution < 1.29 is 14.0 Å². The van der Waals surface area contributed by atoms with E-state index in [4.69, 9.17) is 0 Å². The number of hydrogen-bond acceptors (Lipinski definition) is 4. The molecule has 2 unspecified atom stereocenters. The van der Waals surface area contributed by atoms with Crippen LogP contribution in [0.3, 0.4) is 0 Å². The minimum absolute atomic E-state index is 0.0164. The quantitative estimate of drug-likeness (QED) is 0.843. The van der Waals surface area contributed by atoms with E-state index < -0.39 is 6.04 Å². The Morgan fingerprint density at radius 1 is 1.38 bits per heavy atom. The van der Waals surface area contributed by atoms with Crippen LogP contribution in [0.1, 0.15) is 24.0 Å². The molecule has 0 saturated carbocycles. The van der Waals surface area contributed by atoms with E-state index >= 15 is 0 Å². The van der Waals surface area contributed by atoms with Crippen LogP contribution in [0.2, 0.25) is 0 Å². The zero-order chi connectivity index (χ0) is 18.8. The van der Waals surface area contributed by atoms with E-state index in [0.717, 1.165) is 30.6 Å². The summed E-state index contributed by atoms with van der Waals surface area (Å²) in [4.78, 5) is 28.2. The maximum absolute atomic E-state index is 14.0. The molecule has 0 radical (unpaired) electrons. The highest BCUT2D eigenvalue weighted by Crippen LogP contribution is 2.31. The Balaban J connectivity index is 1.56. The molecule has 0 spiro atoms. The Bertz CT molecular complexity index is 676. The largest absolute Gasteiger partial charge is 0.373 e. The first-order valence-electron chi connectivity index (χ1n) is 9.12. The highest BCUT2D eigenvalue weighted by molar-refractivity contribution is 5.88. The second-order valence-corrected chi connectivity index (χ2v) is 7.49. The summed E-state index contributed by atoms with van der Waals surface area (Å²) in [5, 5.41) is 6.24. The molecular weight excluding hydrogens is 335 g/mol. The molecule has 2 aliphatic rings. The molecule has 2 atom stereocenters. The number of likely N-dealkylation sites (N-methyl/N-ethyl adjacent to an activating group) is 1. The van der Waals surface area contributed by atoms with Gasteiger partial charge in [-0.1, -0.05) is 6.07 Å². The van der Waals surface area contributed by atoms with Crippen LogP contribution in [0.25, 0.3) is 0 Å². The Morgan fingerprint density at radius 3 is 2.85 bits per heavy atom. The monoisotopic (exact) mass is 362 g/mol. The van der Waals surface area contributed by atoms with Crippen molar-refractivity contribution >= 4 is 17.5 Å². The second kappa shape index (κ2) is 7.61. The molecule has 0 bridgehead atoms. The minimum Gasteiger partial charge on any atom is -0.373 e. The first-order chi connectivity index (χ1) is 12.3. The summed E-state index contributed by atoms with van der Waals surface area (Å²) in [7, 11) is 3.49. The molecule has 0 aromatic heterocycles. The number of halogens is 1. The van der Waals surface area contributed by atoms with E-state index in [2.05, 4.69) is 15.5 Å². The van der Waals surface area contributed by atoms with Crippen LogP contribution in [0.4, 0.5) is 10.1 Å². The van der Waals surface area contributed by atoms with Gasteiger partial charge in [-0.05, 0) is 37.9 Å². The molecule has 1 aromatic carbocycles. The number of carbonyl (C=O) groups excluding carboxylic acids is 2. The van der Waals surface area contributed by atoms with E-state index in [1.807, 2.05) is 6.92 Å². The number of hydrogen-bond donors (Lipinski definition) is 2. The number of nitrogens with zero attached hydrogens (tertiary/aromatic N) is 2. The average molecular weight is 362 g/mol. The predicted octanol–water partition coefficient (Wildman–Crippen LogP) is 1.14. The van der Waals surface area contributed by atoms with Gasteiger partial charge in [-0.3, -0.25) is 14.5 Å². The fourth-order valence-electron chi connectivity index (χ4n) is 3.68. The summed E-state index contributed by atoms with van der Waals surface area (Å²) in [5.41, 5.74) is 2.28. The SMILES string of the molecule is Cc1ccc(F)c2c1NC(C(=O)NC1CCCN(CC(=O)N(C)C)C1)C2. The lowest BCUT2D eigenvalue weighted by atomic mass is 10.0. The van der Waals surface area contributed by atoms with Gasteiger partial charge in [0.25, 0.3) is 0 Å². The standard InChI is InChI=1S/C19H27FN4O2/c1-12-6-7-15(20)14-9-16(22-18(12)14)19(26)21-13-5-4-8-24(10-13)11-17(25)23(2)3/h6-7,13,16,22H,4-5,8-11H2,1-3H3,(H,21,26). The summed E-state index contributed by atoms with van der Waals surface area (Å²) in [5.74, 6) is -0.305. The Kier molecular flexibility index (Phi) is 5.46. The molecule has 7 heteroatoms. The summed E-state index contributed by atoms with van der Waals surface area (Å²) in [6.45, 7) is 3.81. The van der Waals surface area contributed by atoms with Gasteiger partial charge in [0.05, 0.1) is 6.54 Å². The predicted molar refractivity (Wildman–Crippen MR) is 98.6 cm³/mol. The van der Waals surface area contributed by atoms with Gasteiger partial charge in [0.1, 0.15) is 11.9 Å². The molecule has 2 amide bonds. The minimum atomic E-state index is -0.445. The third kappa shape index (κ3) is 3.98. The van der Waals surface area contributed by atoms with Crippen molar-refractivity contribution in [1.82, 2.24) is 15.1 Å². The fraction of sp³-hybridized carbons (Fsp3) is 0.579. The smallest absolute Gasteiger partial charge is 0.243 e. The van der Waals surface area contributed by atoms with Crippen LogP contribution in [0.15, 0.2) is 12.1 Å². The molecule has 1 aromatic rings. The molecule has 6 nitrogen and oxygen atoms in total. The zero-order valence-corrected chi connectivity index (χ0v) is 15.6. The lowest BCUT2D eigenvalue weighted by Crippen LogP contribution is -2.52. The second-order valence-electron chi connectivity index (χ2n) is 7.49. The molecule has 1 fully saturated rings. The number of rotatable bonds is 4. The molecule has 2 heterocycles. The van der Waals surface area contributed by atoms with E-state index in [-0.39, 0.29) is 23.7 Å². The topological polar surface area (TPSA) is 64.7 Å². The number of anilines is 1. The Hall–Kier alpha value is -2.15. The van der Waals surface area contributed by atoms with Crippen LogP contribution in [0, 0.1) is 12.7 Å². The van der Waals surface area contributed by atoms with E-state index in [9.17, 15) is 14.0 Å². The summed E-state index contributed by atoms with van der Waals surface area (Å²) >= 11 is 0. The lowest BCUT2D eigenvalue weighted by molar-refractivity contribution is -0.130. The number of nitrogens with one attached hydrogen (secondary N) is 2. The molecule has 3 rings (SSSR count). The van der Waals surface area contributed by atoms with Gasteiger partial charge in [-0.25, -0.2) is 4.39 Å². The van der Waals surface area contributed by atoms with Gasteiger partial charge in [0.2, 0.25) is 11.8 Å². The third-order valence-electron chi connectivity index (χ3n) is 5.22. The molecular formula is C19H27FN4O2. The summed E-state index contributed by atoms with van der Waals surface area (Å²) < 4.78 is 14.0. The van der Waals surface area contributed by atoms with Gasteiger partial charge in [0, 0.05) is 44.4 Å². The van der Waals surface area contributed by atoms with Crippen LogP contribution in [0.5, 0.6) is 0 Å². The third-order valence-corrected chi connectivity index (χ3v) is 5.22. The first-order valence-corrected chi connectivity index (χ1v) is 9.12. The number of fused-ring (bicyclic) bond motifs is 1. The maximum Gasteiger partial charge on any atom is 0.243 e. The van der Waals surface area contributed by atoms with Crippen molar-refractivity contribution in [3.05, 3.63) is 29.1 Å². The van der Waals surface area contributed by atoms with E-state index in [0.29, 0.717) is 25.1 Å². The number of benzene rings is 1. The van der Waals surface area contributed by atoms with Crippen molar-refractivity contribution in [1.29, 1.82) is 0 Å². The van der Waals surface area contributed by atoms with Crippen molar-refractivity contribution in [2.24, 2.45) is 0 Å². The van der Waals surface area contributed by atoms with Crippen molar-refractivity contribution in [2.75, 3.05) is 39.0 Å². The van der Waals surface area contributed by atoms with Gasteiger partial charge in [-0.15, -0.1) is 0 Å². The summed E-state index contributed by atoms with van der Waals surface area (Å²) in [6.07, 6.45) is 2.20. The van der Waals surface area contributed by atoms with Crippen LogP contribution in [-0.2, 0) is 16.0 Å². The average Bonchev–Trinajstić information content (AvgIpc) is 3.05. The molecule has 142 valence electrons. The number of likely N-dealkylation sites (tertiary alicyclic amines) is 1. The number of carbonyl (C=O) groups is 2. The van der Waals surface area contributed by atoms with Crippen molar-refractivity contribution in [2.45, 2.75) is 38.3 Å². The molecule has 0 aliphatic carbocycles. The Morgan fingerprint density at radius 2 is 2.15 bits per heavy atom. The Labute approximate surface area is 153 Å². The maximum atomic E-state index is 14.0. The number of aryl methyl sites for hydroxylation is 1. The summed E-state index contributed by atoms with van der Waals surface area (Å²) in [6, 6.07) is 2.75. The van der Waals surface area contributed by atoms with Crippen LogP contribution < -0.4 is 10.6 Å². The van der Waals surface area contributed by atoms with Gasteiger partial charge < -0.3 is 15.5 Å². The number of piperidine rings is 1. The van der Waals surface area contributed by atoms with Crippen LogP contribution >= 0.6 is 0 Å². The van der Waals surface area contributed by atoms with Gasteiger partial charge in [-0.2, -0.15) is 0 Å². The first kappa shape index (κ1) is 18.6. The molecule has 2 aliphatic heterocycles. The van der Waals surface area contributed by atoms with Gasteiger partial charge in [0.15, 0.2) is 0 Å². The highest BCUT2D eigenvalue weighted by Gasteiger charge is 2.32. The highest BCUT2D eigenvalue weighted by atomic mass is 19.1. The van der Waals surface area contributed by atoms with E-state index in [1.54, 1.807) is 25.1 Å². The van der Waals surface area contributed by atoms with Crippen molar-refractivity contribution in [3.63, 3.8) is 0 Å². The molecule has 2 N–H and O–H groups in total. The normalized spacial score (nSPS) is 22.5. The van der Waals surface area contributed by atoms with Crippen molar-refractivity contribution in [3.8, 4) is 0 Å². The van der Waals surface area contributed by atoms with Gasteiger partial charge >= 0.3 is 0 Å². The molecule has 26 heavy (non-hydrogen) atoms. The van der Waals surface area contributed by atoms with E-state index in [1.165, 1.54) is 6.07 Å². The zero-order valence-electron chi connectivity index (χ0n) is 15.6. The lowest BCUT2D eigenvalue weighted by Gasteiger charge is -2.33. The number of amides is 2. The van der Waals surface area contributed by atoms with Crippen LogP contribution in [-0.4, -0.2) is 67.4 Å². The molecule has 1 saturated heterocycles. The fourth-order valence-corrected chi connectivity index (χ4v) is 3.68.